The van der Waals surface area contributed by atoms with E-state index in [1.165, 1.54) is 10.4 Å². The second kappa shape index (κ2) is 5.40. The molecule has 0 bridgehead atoms. The number of hydrogen-bond acceptors (Lipinski definition) is 6. The maximum atomic E-state index is 6.14. The highest BCUT2D eigenvalue weighted by Gasteiger charge is 2.28. The van der Waals surface area contributed by atoms with Crippen molar-refractivity contribution >= 4 is 11.3 Å². The highest BCUT2D eigenvalue weighted by Crippen LogP contribution is 2.30. The van der Waals surface area contributed by atoms with Gasteiger partial charge in [-0.25, -0.2) is 0 Å². The zero-order chi connectivity index (χ0) is 14.0. The predicted octanol–water partition coefficient (Wildman–Crippen LogP) is 2.63. The van der Waals surface area contributed by atoms with Crippen LogP contribution in [0.3, 0.4) is 0 Å². The van der Waals surface area contributed by atoms with Crippen LogP contribution < -0.4 is 5.73 Å². The molecule has 2 aromatic heterocycles. The van der Waals surface area contributed by atoms with Gasteiger partial charge in [-0.05, 0) is 39.3 Å². The largest absolute Gasteiger partial charge is 0.379 e. The third-order valence-corrected chi connectivity index (χ3v) is 4.06. The molecule has 0 fully saturated rings. The van der Waals surface area contributed by atoms with E-state index in [1.807, 2.05) is 19.9 Å². The molecule has 0 saturated carbocycles. The monoisotopic (exact) mass is 281 g/mol. The summed E-state index contributed by atoms with van der Waals surface area (Å²) < 4.78 is 10.6. The molecule has 6 heteroatoms. The minimum Gasteiger partial charge on any atom is -0.379 e. The van der Waals surface area contributed by atoms with Gasteiger partial charge in [0.15, 0.2) is 5.82 Å². The number of aryl methyl sites for hydroxylation is 2. The van der Waals surface area contributed by atoms with Crippen molar-refractivity contribution < 1.29 is 9.26 Å². The first-order valence-corrected chi connectivity index (χ1v) is 7.04. The fourth-order valence-electron chi connectivity index (χ4n) is 1.61. The lowest BCUT2D eigenvalue weighted by molar-refractivity contribution is 0.0962. The van der Waals surface area contributed by atoms with Crippen molar-refractivity contribution in [2.75, 3.05) is 13.2 Å². The van der Waals surface area contributed by atoms with Crippen LogP contribution in [-0.2, 0) is 10.3 Å². The first-order chi connectivity index (χ1) is 8.94. The summed E-state index contributed by atoms with van der Waals surface area (Å²) in [4.78, 5) is 6.61. The number of hydrogen-bond donors (Lipinski definition) is 1. The number of aromatic nitrogens is 2. The van der Waals surface area contributed by atoms with Crippen LogP contribution in [0.2, 0.25) is 0 Å². The summed E-state index contributed by atoms with van der Waals surface area (Å²) in [5.74, 6) is 0.990. The van der Waals surface area contributed by atoms with Crippen LogP contribution in [0.15, 0.2) is 10.6 Å². The summed E-state index contributed by atoms with van der Waals surface area (Å²) in [5.41, 5.74) is 6.63. The van der Waals surface area contributed by atoms with Crippen LogP contribution in [0.25, 0.3) is 10.8 Å². The number of ether oxygens (including phenoxy) is 1. The van der Waals surface area contributed by atoms with E-state index in [0.29, 0.717) is 24.9 Å². The van der Waals surface area contributed by atoms with E-state index >= 15 is 0 Å². The van der Waals surface area contributed by atoms with Crippen LogP contribution in [0, 0.1) is 13.8 Å². The summed E-state index contributed by atoms with van der Waals surface area (Å²) in [7, 11) is 0. The SMILES string of the molecule is CCOCC(C)(N)c1noc(-c2cc(C)c(C)s2)n1. The van der Waals surface area contributed by atoms with Crippen molar-refractivity contribution in [2.45, 2.75) is 33.2 Å². The van der Waals surface area contributed by atoms with Crippen LogP contribution in [0.4, 0.5) is 0 Å². The zero-order valence-electron chi connectivity index (χ0n) is 11.7. The van der Waals surface area contributed by atoms with E-state index in [2.05, 4.69) is 24.0 Å². The van der Waals surface area contributed by atoms with Crippen molar-refractivity contribution in [1.82, 2.24) is 10.1 Å². The molecule has 0 aliphatic rings. The van der Waals surface area contributed by atoms with E-state index in [1.54, 1.807) is 11.3 Å². The maximum absolute atomic E-state index is 6.14. The Morgan fingerprint density at radius 1 is 1.47 bits per heavy atom. The Hall–Kier alpha value is -1.24. The van der Waals surface area contributed by atoms with E-state index < -0.39 is 5.54 Å². The second-order valence-corrected chi connectivity index (χ2v) is 6.08. The molecule has 2 aromatic rings. The van der Waals surface area contributed by atoms with Gasteiger partial charge < -0.3 is 15.0 Å². The molecular weight excluding hydrogens is 262 g/mol. The van der Waals surface area contributed by atoms with Gasteiger partial charge in [0.25, 0.3) is 5.89 Å². The van der Waals surface area contributed by atoms with Crippen molar-refractivity contribution in [3.63, 3.8) is 0 Å². The van der Waals surface area contributed by atoms with Gasteiger partial charge in [0.2, 0.25) is 0 Å². The van der Waals surface area contributed by atoms with Crippen LogP contribution in [-0.4, -0.2) is 23.4 Å². The summed E-state index contributed by atoms with van der Waals surface area (Å²) >= 11 is 1.64. The Bertz CT molecular complexity index is 540. The molecule has 19 heavy (non-hydrogen) atoms. The van der Waals surface area contributed by atoms with Crippen molar-refractivity contribution in [2.24, 2.45) is 5.73 Å². The van der Waals surface area contributed by atoms with Gasteiger partial charge in [0.05, 0.1) is 11.5 Å². The lowest BCUT2D eigenvalue weighted by Gasteiger charge is -2.19. The smallest absolute Gasteiger partial charge is 0.268 e. The fourth-order valence-corrected chi connectivity index (χ4v) is 2.57. The molecule has 2 N–H and O–H groups in total. The Morgan fingerprint density at radius 2 is 2.21 bits per heavy atom. The predicted molar refractivity (Wildman–Crippen MR) is 75.1 cm³/mol. The molecule has 0 spiro atoms. The fraction of sp³-hybridized carbons (Fsp3) is 0.538. The maximum Gasteiger partial charge on any atom is 0.268 e. The summed E-state index contributed by atoms with van der Waals surface area (Å²) in [5, 5.41) is 3.97. The van der Waals surface area contributed by atoms with Gasteiger partial charge in [0.1, 0.15) is 5.54 Å². The molecule has 5 nitrogen and oxygen atoms in total. The topological polar surface area (TPSA) is 74.2 Å². The standard InChI is InChI=1S/C13H19N3O2S/c1-5-17-7-13(4,14)12-15-11(18-16-12)10-6-8(2)9(3)19-10/h6H,5,7,14H2,1-4H3. The third kappa shape index (κ3) is 3.02. The second-order valence-electron chi connectivity index (χ2n) is 4.83. The Balaban J connectivity index is 2.23. The Labute approximate surface area is 116 Å². The third-order valence-electron chi connectivity index (χ3n) is 2.92. The summed E-state index contributed by atoms with van der Waals surface area (Å²) in [6.45, 7) is 8.88. The molecule has 104 valence electrons. The Kier molecular flexibility index (Phi) is 4.03. The number of thiophene rings is 1. The molecule has 2 heterocycles. The normalized spacial score (nSPS) is 14.6. The van der Waals surface area contributed by atoms with Crippen molar-refractivity contribution in [3.8, 4) is 10.8 Å². The lowest BCUT2D eigenvalue weighted by atomic mass is 10.1. The van der Waals surface area contributed by atoms with Gasteiger partial charge in [-0.3, -0.25) is 0 Å². The molecule has 0 amide bonds. The molecule has 1 atom stereocenters. The highest BCUT2D eigenvalue weighted by molar-refractivity contribution is 7.15. The van der Waals surface area contributed by atoms with Crippen molar-refractivity contribution in [1.29, 1.82) is 0 Å². The van der Waals surface area contributed by atoms with Crippen LogP contribution >= 0.6 is 11.3 Å². The molecule has 0 saturated heterocycles. The number of rotatable bonds is 5. The molecule has 0 aromatic carbocycles. The summed E-state index contributed by atoms with van der Waals surface area (Å²) in [6.07, 6.45) is 0. The van der Waals surface area contributed by atoms with Gasteiger partial charge >= 0.3 is 0 Å². The molecule has 0 aliphatic heterocycles. The van der Waals surface area contributed by atoms with Gasteiger partial charge in [0, 0.05) is 11.5 Å². The summed E-state index contributed by atoms with van der Waals surface area (Å²) in [6, 6.07) is 2.05. The van der Waals surface area contributed by atoms with E-state index in [4.69, 9.17) is 15.0 Å². The molecule has 2 rings (SSSR count). The quantitative estimate of drug-likeness (QED) is 0.912. The van der Waals surface area contributed by atoms with Crippen LogP contribution in [0.5, 0.6) is 0 Å². The van der Waals surface area contributed by atoms with E-state index in [0.717, 1.165) is 4.88 Å². The average Bonchev–Trinajstić information content (AvgIpc) is 2.95. The molecule has 0 radical (unpaired) electrons. The highest BCUT2D eigenvalue weighted by atomic mass is 32.1. The van der Waals surface area contributed by atoms with Crippen LogP contribution in [0.1, 0.15) is 30.1 Å². The van der Waals surface area contributed by atoms with Gasteiger partial charge in [-0.2, -0.15) is 4.98 Å². The number of nitrogens with two attached hydrogens (primary N) is 1. The Morgan fingerprint density at radius 3 is 2.79 bits per heavy atom. The van der Waals surface area contributed by atoms with E-state index in [9.17, 15) is 0 Å². The van der Waals surface area contributed by atoms with E-state index in [-0.39, 0.29) is 0 Å². The first-order valence-electron chi connectivity index (χ1n) is 6.22. The average molecular weight is 281 g/mol. The van der Waals surface area contributed by atoms with Gasteiger partial charge in [-0.1, -0.05) is 5.16 Å². The molecular formula is C13H19N3O2S. The minimum atomic E-state index is -0.737. The van der Waals surface area contributed by atoms with Crippen molar-refractivity contribution in [3.05, 3.63) is 22.3 Å². The minimum absolute atomic E-state index is 0.366. The first kappa shape index (κ1) is 14.2. The number of nitrogens with zero attached hydrogens (tertiary/aromatic N) is 2. The molecule has 0 aliphatic carbocycles. The zero-order valence-corrected chi connectivity index (χ0v) is 12.5. The van der Waals surface area contributed by atoms with Gasteiger partial charge in [-0.15, -0.1) is 11.3 Å². The molecule has 1 unspecified atom stereocenters. The lowest BCUT2D eigenvalue weighted by Crippen LogP contribution is -2.39.